The lowest BCUT2D eigenvalue weighted by atomic mass is 10.1. The summed E-state index contributed by atoms with van der Waals surface area (Å²) in [4.78, 5) is 43.2. The van der Waals surface area contributed by atoms with Crippen LogP contribution in [0.4, 0.5) is 10.5 Å². The first-order valence-corrected chi connectivity index (χ1v) is 11.7. The Morgan fingerprint density at radius 2 is 1.91 bits per heavy atom. The SMILES string of the molecule is CCCNC(=O)NC(=O)CSC1=N/C(=C\c2ccc3c(c2)OCO3)C(=O)N1c1ccc(C)cc1. The van der Waals surface area contributed by atoms with Crippen LogP contribution in [0.25, 0.3) is 6.08 Å². The van der Waals surface area contributed by atoms with Crippen molar-refractivity contribution in [3.05, 3.63) is 59.3 Å². The van der Waals surface area contributed by atoms with Crippen molar-refractivity contribution in [2.75, 3.05) is 24.0 Å². The molecule has 4 rings (SSSR count). The maximum absolute atomic E-state index is 13.3. The Labute approximate surface area is 201 Å². The molecular formula is C24H24N4O5S. The fraction of sp³-hybridized carbons (Fsp3) is 0.250. The van der Waals surface area contributed by atoms with Gasteiger partial charge in [-0.2, -0.15) is 0 Å². The Hall–Kier alpha value is -3.79. The van der Waals surface area contributed by atoms with Gasteiger partial charge in [0.2, 0.25) is 12.7 Å². The van der Waals surface area contributed by atoms with E-state index in [1.165, 1.54) is 4.90 Å². The Morgan fingerprint density at radius 3 is 2.68 bits per heavy atom. The van der Waals surface area contributed by atoms with Gasteiger partial charge in [0.1, 0.15) is 5.70 Å². The smallest absolute Gasteiger partial charge is 0.321 e. The number of anilines is 1. The van der Waals surface area contributed by atoms with E-state index >= 15 is 0 Å². The first-order chi connectivity index (χ1) is 16.4. The molecule has 9 nitrogen and oxygen atoms in total. The molecule has 0 saturated heterocycles. The molecule has 2 aliphatic rings. The summed E-state index contributed by atoms with van der Waals surface area (Å²) in [5.41, 5.74) is 2.65. The van der Waals surface area contributed by atoms with E-state index in [2.05, 4.69) is 15.6 Å². The van der Waals surface area contributed by atoms with Gasteiger partial charge in [0.25, 0.3) is 5.91 Å². The van der Waals surface area contributed by atoms with E-state index in [1.54, 1.807) is 18.2 Å². The van der Waals surface area contributed by atoms with Crippen LogP contribution in [0.1, 0.15) is 24.5 Å². The average Bonchev–Trinajstić information content (AvgIpc) is 3.41. The normalized spacial score (nSPS) is 15.5. The zero-order valence-electron chi connectivity index (χ0n) is 18.8. The summed E-state index contributed by atoms with van der Waals surface area (Å²) in [6.45, 7) is 4.51. The second kappa shape index (κ2) is 10.4. The third kappa shape index (κ3) is 5.40. The molecule has 10 heteroatoms. The summed E-state index contributed by atoms with van der Waals surface area (Å²) >= 11 is 1.08. The predicted octanol–water partition coefficient (Wildman–Crippen LogP) is 3.44. The van der Waals surface area contributed by atoms with Crippen molar-refractivity contribution in [2.24, 2.45) is 4.99 Å². The molecule has 0 bridgehead atoms. The number of nitrogens with one attached hydrogen (secondary N) is 2. The molecule has 2 aromatic rings. The zero-order valence-corrected chi connectivity index (χ0v) is 19.6. The Kier molecular flexibility index (Phi) is 7.17. The predicted molar refractivity (Wildman–Crippen MR) is 131 cm³/mol. The first kappa shape index (κ1) is 23.4. The van der Waals surface area contributed by atoms with E-state index in [-0.39, 0.29) is 24.2 Å². The number of carbonyl (C=O) groups excluding carboxylic acids is 3. The maximum atomic E-state index is 13.3. The fourth-order valence-electron chi connectivity index (χ4n) is 3.25. The minimum atomic E-state index is -0.546. The molecular weight excluding hydrogens is 456 g/mol. The number of aryl methyl sites for hydroxylation is 1. The summed E-state index contributed by atoms with van der Waals surface area (Å²) in [5.74, 6) is 0.378. The second-order valence-corrected chi connectivity index (χ2v) is 8.55. The van der Waals surface area contributed by atoms with E-state index in [0.717, 1.165) is 29.3 Å². The highest BCUT2D eigenvalue weighted by Crippen LogP contribution is 2.34. The van der Waals surface area contributed by atoms with Gasteiger partial charge >= 0.3 is 6.03 Å². The molecule has 2 aliphatic heterocycles. The van der Waals surface area contributed by atoms with E-state index in [0.29, 0.717) is 28.9 Å². The lowest BCUT2D eigenvalue weighted by molar-refractivity contribution is -0.117. The number of aliphatic imine (C=N–C) groups is 1. The van der Waals surface area contributed by atoms with Crippen molar-refractivity contribution in [3.63, 3.8) is 0 Å². The number of imide groups is 1. The van der Waals surface area contributed by atoms with Gasteiger partial charge in [-0.25, -0.2) is 9.79 Å². The number of ether oxygens (including phenoxy) is 2. The quantitative estimate of drug-likeness (QED) is 0.613. The lowest BCUT2D eigenvalue weighted by Gasteiger charge is -2.18. The van der Waals surface area contributed by atoms with Crippen LogP contribution in [-0.4, -0.2) is 42.1 Å². The number of nitrogens with zero attached hydrogens (tertiary/aromatic N) is 2. The van der Waals surface area contributed by atoms with Crippen LogP contribution < -0.4 is 25.0 Å². The number of amidine groups is 1. The molecule has 2 aromatic carbocycles. The van der Waals surface area contributed by atoms with Crippen LogP contribution in [0.2, 0.25) is 0 Å². The number of urea groups is 1. The summed E-state index contributed by atoms with van der Waals surface area (Å²) in [5, 5.41) is 5.22. The van der Waals surface area contributed by atoms with Crippen molar-refractivity contribution in [2.45, 2.75) is 20.3 Å². The molecule has 0 unspecified atom stereocenters. The van der Waals surface area contributed by atoms with Crippen molar-refractivity contribution < 1.29 is 23.9 Å². The topological polar surface area (TPSA) is 109 Å². The molecule has 176 valence electrons. The lowest BCUT2D eigenvalue weighted by Crippen LogP contribution is -2.41. The molecule has 0 aromatic heterocycles. The number of hydrogen-bond acceptors (Lipinski definition) is 7. The van der Waals surface area contributed by atoms with Crippen LogP contribution in [0.15, 0.2) is 53.2 Å². The standard InChI is InChI=1S/C24H24N4O5S/c1-3-10-25-23(31)27-21(29)13-34-24-26-18(11-16-6-9-19-20(12-16)33-14-32-19)22(30)28(24)17-7-4-15(2)5-8-17/h4-9,11-12H,3,10,13-14H2,1-2H3,(H2,25,27,29,31)/b18-11-. The van der Waals surface area contributed by atoms with Gasteiger partial charge in [0.15, 0.2) is 16.7 Å². The van der Waals surface area contributed by atoms with Crippen LogP contribution in [-0.2, 0) is 9.59 Å². The van der Waals surface area contributed by atoms with E-state index in [4.69, 9.17) is 9.47 Å². The maximum Gasteiger partial charge on any atom is 0.321 e. The zero-order chi connectivity index (χ0) is 24.1. The molecule has 0 fully saturated rings. The highest BCUT2D eigenvalue weighted by atomic mass is 32.2. The molecule has 34 heavy (non-hydrogen) atoms. The van der Waals surface area contributed by atoms with Crippen molar-refractivity contribution >= 4 is 46.5 Å². The number of hydrogen-bond donors (Lipinski definition) is 2. The highest BCUT2D eigenvalue weighted by Gasteiger charge is 2.32. The van der Waals surface area contributed by atoms with Crippen molar-refractivity contribution in [3.8, 4) is 11.5 Å². The van der Waals surface area contributed by atoms with Gasteiger partial charge < -0.3 is 14.8 Å². The van der Waals surface area contributed by atoms with E-state index in [1.807, 2.05) is 44.2 Å². The molecule has 2 N–H and O–H groups in total. The van der Waals surface area contributed by atoms with Gasteiger partial charge in [0, 0.05) is 6.54 Å². The summed E-state index contributed by atoms with van der Waals surface area (Å²) in [6, 6.07) is 12.3. The van der Waals surface area contributed by atoms with Crippen LogP contribution in [0.5, 0.6) is 11.5 Å². The van der Waals surface area contributed by atoms with E-state index < -0.39 is 11.9 Å². The molecule has 0 spiro atoms. The van der Waals surface area contributed by atoms with Gasteiger partial charge in [-0.05, 0) is 49.2 Å². The monoisotopic (exact) mass is 480 g/mol. The number of fused-ring (bicyclic) bond motifs is 1. The number of thioether (sulfide) groups is 1. The first-order valence-electron chi connectivity index (χ1n) is 10.8. The van der Waals surface area contributed by atoms with Crippen molar-refractivity contribution in [1.29, 1.82) is 0 Å². The van der Waals surface area contributed by atoms with Crippen molar-refractivity contribution in [1.82, 2.24) is 10.6 Å². The minimum Gasteiger partial charge on any atom is -0.454 e. The summed E-state index contributed by atoms with van der Waals surface area (Å²) in [7, 11) is 0. The summed E-state index contributed by atoms with van der Waals surface area (Å²) < 4.78 is 10.7. The Bertz CT molecular complexity index is 1180. The number of carbonyl (C=O) groups is 3. The largest absolute Gasteiger partial charge is 0.454 e. The Balaban J connectivity index is 1.55. The fourth-order valence-corrected chi connectivity index (χ4v) is 4.06. The molecule has 4 amide bonds. The van der Waals surface area contributed by atoms with Gasteiger partial charge in [-0.1, -0.05) is 42.4 Å². The number of benzene rings is 2. The molecule has 2 heterocycles. The molecule has 0 aliphatic carbocycles. The van der Waals surface area contributed by atoms with Crippen LogP contribution in [0, 0.1) is 6.92 Å². The summed E-state index contributed by atoms with van der Waals surface area (Å²) in [6.07, 6.45) is 2.43. The van der Waals surface area contributed by atoms with Gasteiger partial charge in [-0.15, -0.1) is 0 Å². The number of rotatable bonds is 6. The number of amides is 4. The molecule has 0 radical (unpaired) electrons. The third-order valence-corrected chi connectivity index (χ3v) is 5.88. The van der Waals surface area contributed by atoms with Crippen LogP contribution in [0.3, 0.4) is 0 Å². The van der Waals surface area contributed by atoms with Gasteiger partial charge in [0.05, 0.1) is 11.4 Å². The minimum absolute atomic E-state index is 0.0781. The Morgan fingerprint density at radius 1 is 1.15 bits per heavy atom. The van der Waals surface area contributed by atoms with Crippen LogP contribution >= 0.6 is 11.8 Å². The second-order valence-electron chi connectivity index (χ2n) is 7.61. The van der Waals surface area contributed by atoms with E-state index in [9.17, 15) is 14.4 Å². The highest BCUT2D eigenvalue weighted by molar-refractivity contribution is 8.14. The average molecular weight is 481 g/mol. The molecule has 0 atom stereocenters. The molecule has 0 saturated carbocycles. The van der Waals surface area contributed by atoms with Gasteiger partial charge in [-0.3, -0.25) is 19.8 Å². The third-order valence-electron chi connectivity index (χ3n) is 4.94.